The largest absolute Gasteiger partial charge is 0.327 e. The minimum atomic E-state index is -0.181. The molecule has 1 aromatic heterocycles. The summed E-state index contributed by atoms with van der Waals surface area (Å²) in [5.41, 5.74) is 1.73. The van der Waals surface area contributed by atoms with Crippen LogP contribution in [0.4, 0.5) is 5.69 Å². The summed E-state index contributed by atoms with van der Waals surface area (Å²) in [4.78, 5) is 17.2. The molecule has 0 amide bonds. The quantitative estimate of drug-likeness (QED) is 0.529. The summed E-state index contributed by atoms with van der Waals surface area (Å²) in [6.07, 6.45) is 3.18. The van der Waals surface area contributed by atoms with Crippen molar-refractivity contribution >= 4 is 26.3 Å². The van der Waals surface area contributed by atoms with E-state index < -0.39 is 0 Å². The Labute approximate surface area is 77.6 Å². The van der Waals surface area contributed by atoms with Crippen LogP contribution in [0.3, 0.4) is 0 Å². The molecule has 0 atom stereocenters. The third kappa shape index (κ3) is 2.44. The predicted molar refractivity (Wildman–Crippen MR) is 55.7 cm³/mol. The van der Waals surface area contributed by atoms with E-state index in [9.17, 15) is 4.79 Å². The van der Waals surface area contributed by atoms with Crippen molar-refractivity contribution in [3.8, 4) is 0 Å². The summed E-state index contributed by atoms with van der Waals surface area (Å²) in [5, 5.41) is 0. The zero-order valence-electron chi connectivity index (χ0n) is 7.37. The van der Waals surface area contributed by atoms with Gasteiger partial charge in [0.25, 0.3) is 0 Å². The zero-order chi connectivity index (χ0) is 9.84. The van der Waals surface area contributed by atoms with Crippen LogP contribution in [-0.2, 0) is 0 Å². The van der Waals surface area contributed by atoms with Crippen molar-refractivity contribution < 1.29 is 0 Å². The van der Waals surface area contributed by atoms with Gasteiger partial charge in [-0.2, -0.15) is 0 Å². The molecule has 1 N–H and O–H groups in total. The van der Waals surface area contributed by atoms with E-state index in [-0.39, 0.29) is 5.56 Å². The van der Waals surface area contributed by atoms with E-state index >= 15 is 0 Å². The number of H-pyrrole nitrogens is 1. The summed E-state index contributed by atoms with van der Waals surface area (Å²) in [5.74, 6) is 0. The molecule has 0 saturated heterocycles. The number of pyridine rings is 1. The Morgan fingerprint density at radius 1 is 1.77 bits per heavy atom. The molecule has 0 saturated carbocycles. The molecule has 1 aromatic rings. The summed E-state index contributed by atoms with van der Waals surface area (Å²) in [7, 11) is 5.48. The number of hydrogen-bond acceptors (Lipinski definition) is 2. The van der Waals surface area contributed by atoms with Gasteiger partial charge < -0.3 is 4.98 Å². The molecule has 2 radical (unpaired) electrons. The molecule has 0 aliphatic rings. The normalized spacial score (nSPS) is 11.3. The van der Waals surface area contributed by atoms with Gasteiger partial charge in [0.15, 0.2) is 0 Å². The Morgan fingerprint density at radius 3 is 3.00 bits per heavy atom. The van der Waals surface area contributed by atoms with Crippen molar-refractivity contribution in [2.45, 2.75) is 6.92 Å². The lowest BCUT2D eigenvalue weighted by molar-refractivity contribution is 1.22. The SMILES string of the molecule is [B]/C(C)=C/c1cc(=O)[nH]cc1N=C. The molecule has 64 valence electrons. The molecule has 4 heteroatoms. The number of allylic oxidation sites excluding steroid dienone is 1. The van der Waals surface area contributed by atoms with Gasteiger partial charge in [-0.15, -0.1) is 5.47 Å². The van der Waals surface area contributed by atoms with Gasteiger partial charge in [0.2, 0.25) is 5.56 Å². The number of nitrogens with zero attached hydrogens (tertiary/aromatic N) is 1. The Kier molecular flexibility index (Phi) is 2.85. The average Bonchev–Trinajstić information content (AvgIpc) is 2.03. The maximum absolute atomic E-state index is 11.0. The van der Waals surface area contributed by atoms with Crippen LogP contribution in [0.25, 0.3) is 6.08 Å². The smallest absolute Gasteiger partial charge is 0.248 e. The lowest BCUT2D eigenvalue weighted by Crippen LogP contribution is -2.02. The third-order valence-electron chi connectivity index (χ3n) is 1.49. The van der Waals surface area contributed by atoms with Crippen molar-refractivity contribution in [3.63, 3.8) is 0 Å². The Hall–Kier alpha value is -1.58. The maximum Gasteiger partial charge on any atom is 0.248 e. The Morgan fingerprint density at radius 2 is 2.46 bits per heavy atom. The van der Waals surface area contributed by atoms with Crippen molar-refractivity contribution in [2.24, 2.45) is 4.99 Å². The van der Waals surface area contributed by atoms with Crippen LogP contribution in [0.2, 0.25) is 0 Å². The monoisotopic (exact) mass is 172 g/mol. The minimum Gasteiger partial charge on any atom is -0.327 e. The fraction of sp³-hybridized carbons (Fsp3) is 0.111. The summed E-state index contributed by atoms with van der Waals surface area (Å²) in [6, 6.07) is 1.43. The number of aromatic nitrogens is 1. The van der Waals surface area contributed by atoms with Crippen molar-refractivity contribution in [1.82, 2.24) is 4.98 Å². The molecule has 0 bridgehead atoms. The first-order valence-corrected chi connectivity index (χ1v) is 3.76. The highest BCUT2D eigenvalue weighted by atomic mass is 16.1. The minimum absolute atomic E-state index is 0.181. The molecule has 0 spiro atoms. The van der Waals surface area contributed by atoms with E-state index in [1.165, 1.54) is 12.3 Å². The van der Waals surface area contributed by atoms with Crippen LogP contribution in [0.1, 0.15) is 12.5 Å². The van der Waals surface area contributed by atoms with Gasteiger partial charge in [-0.3, -0.25) is 9.79 Å². The van der Waals surface area contributed by atoms with Crippen LogP contribution in [0, 0.1) is 0 Å². The van der Waals surface area contributed by atoms with Crippen LogP contribution in [0.5, 0.6) is 0 Å². The first-order valence-electron chi connectivity index (χ1n) is 3.76. The van der Waals surface area contributed by atoms with E-state index in [2.05, 4.69) is 16.7 Å². The van der Waals surface area contributed by atoms with Crippen LogP contribution < -0.4 is 5.56 Å². The molecule has 3 nitrogen and oxygen atoms in total. The fourth-order valence-corrected chi connectivity index (χ4v) is 0.977. The second-order valence-corrected chi connectivity index (χ2v) is 2.68. The Balaban J connectivity index is 3.32. The number of rotatable bonds is 2. The van der Waals surface area contributed by atoms with E-state index in [1.54, 1.807) is 13.0 Å². The fourth-order valence-electron chi connectivity index (χ4n) is 0.977. The van der Waals surface area contributed by atoms with Gasteiger partial charge >= 0.3 is 0 Å². The van der Waals surface area contributed by atoms with Gasteiger partial charge in [-0.05, 0) is 6.72 Å². The van der Waals surface area contributed by atoms with E-state index in [4.69, 9.17) is 7.85 Å². The average molecular weight is 172 g/mol. The van der Waals surface area contributed by atoms with Gasteiger partial charge in [0.05, 0.1) is 5.69 Å². The highest BCUT2D eigenvalue weighted by Gasteiger charge is 1.97. The lowest BCUT2D eigenvalue weighted by Gasteiger charge is -1.99. The molecule has 13 heavy (non-hydrogen) atoms. The van der Waals surface area contributed by atoms with E-state index in [0.29, 0.717) is 16.7 Å². The van der Waals surface area contributed by atoms with Gasteiger partial charge in [0, 0.05) is 17.8 Å². The lowest BCUT2D eigenvalue weighted by atomic mass is 9.95. The molecular formula is C9H9BN2O. The molecule has 0 unspecified atom stereocenters. The van der Waals surface area contributed by atoms with Crippen LogP contribution >= 0.6 is 0 Å². The molecule has 1 rings (SSSR count). The second kappa shape index (κ2) is 3.89. The molecule has 0 aliphatic heterocycles. The summed E-state index contributed by atoms with van der Waals surface area (Å²) < 4.78 is 0. The van der Waals surface area contributed by atoms with Crippen molar-refractivity contribution in [3.05, 3.63) is 33.7 Å². The highest BCUT2D eigenvalue weighted by molar-refractivity contribution is 6.23. The first-order chi connectivity index (χ1) is 6.13. The zero-order valence-corrected chi connectivity index (χ0v) is 7.37. The molecule has 0 fully saturated rings. The molecule has 0 aromatic carbocycles. The third-order valence-corrected chi connectivity index (χ3v) is 1.49. The second-order valence-electron chi connectivity index (χ2n) is 2.68. The number of nitrogens with one attached hydrogen (secondary N) is 1. The maximum atomic E-state index is 11.0. The Bertz CT molecular complexity index is 402. The van der Waals surface area contributed by atoms with Crippen LogP contribution in [0.15, 0.2) is 27.5 Å². The predicted octanol–water partition coefficient (Wildman–Crippen LogP) is 1.24. The van der Waals surface area contributed by atoms with Gasteiger partial charge in [-0.1, -0.05) is 13.0 Å². The van der Waals surface area contributed by atoms with Gasteiger partial charge in [-0.25, -0.2) is 0 Å². The van der Waals surface area contributed by atoms with Gasteiger partial charge in [0.1, 0.15) is 7.85 Å². The van der Waals surface area contributed by atoms with E-state index in [0.717, 1.165) is 0 Å². The number of hydrogen-bond donors (Lipinski definition) is 1. The van der Waals surface area contributed by atoms with Crippen molar-refractivity contribution in [1.29, 1.82) is 0 Å². The standard InChI is InChI=1S/C9H9BN2O/c1-6(10)3-7-4-9(13)12-5-8(7)11-2/h3-5H,2H2,1H3,(H,12,13)/b6-3+. The number of aliphatic imine (C=N–C) groups is 1. The molecule has 0 aliphatic carbocycles. The van der Waals surface area contributed by atoms with E-state index in [1.807, 2.05) is 0 Å². The molecule has 1 heterocycles. The summed E-state index contributed by atoms with van der Waals surface area (Å²) in [6.45, 7) is 5.13. The number of aromatic amines is 1. The molecular weight excluding hydrogens is 163 g/mol. The van der Waals surface area contributed by atoms with Crippen molar-refractivity contribution in [2.75, 3.05) is 0 Å². The first kappa shape index (κ1) is 9.51. The van der Waals surface area contributed by atoms with Crippen LogP contribution in [-0.4, -0.2) is 19.5 Å². The topological polar surface area (TPSA) is 45.2 Å². The summed E-state index contributed by atoms with van der Waals surface area (Å²) >= 11 is 0. The highest BCUT2D eigenvalue weighted by Crippen LogP contribution is 2.17.